The van der Waals surface area contributed by atoms with Crippen LogP contribution >= 0.6 is 0 Å². The fourth-order valence-corrected chi connectivity index (χ4v) is 5.92. The van der Waals surface area contributed by atoms with Crippen molar-refractivity contribution in [2.75, 3.05) is 44.1 Å². The first-order valence-electron chi connectivity index (χ1n) is 15.0. The Bertz CT molecular complexity index is 1360. The van der Waals surface area contributed by atoms with Crippen molar-refractivity contribution in [1.82, 2.24) is 15.2 Å². The van der Waals surface area contributed by atoms with E-state index in [1.807, 2.05) is 38.4 Å². The number of aryl methyl sites for hydroxylation is 3. The minimum atomic E-state index is -0.536. The summed E-state index contributed by atoms with van der Waals surface area (Å²) in [5, 5.41) is 5.77. The van der Waals surface area contributed by atoms with Gasteiger partial charge in [0.25, 0.3) is 5.91 Å². The average molecular weight is 588 g/mol. The van der Waals surface area contributed by atoms with E-state index in [2.05, 4.69) is 62.2 Å². The summed E-state index contributed by atoms with van der Waals surface area (Å²) in [6.07, 6.45) is 6.29. The Labute approximate surface area is 255 Å². The van der Waals surface area contributed by atoms with Crippen molar-refractivity contribution in [1.29, 1.82) is 0 Å². The summed E-state index contributed by atoms with van der Waals surface area (Å²) in [6.45, 7) is 11.6. The molecule has 0 saturated carbocycles. The van der Waals surface area contributed by atoms with Gasteiger partial charge in [-0.15, -0.1) is 0 Å². The number of aromatic nitrogens is 1. The number of methoxy groups -OCH3 is 2. The van der Waals surface area contributed by atoms with E-state index in [1.165, 1.54) is 23.9 Å². The lowest BCUT2D eigenvalue weighted by molar-refractivity contribution is 0.0944. The summed E-state index contributed by atoms with van der Waals surface area (Å²) >= 11 is 0. The lowest BCUT2D eigenvalue weighted by atomic mass is 9.98. The van der Waals surface area contributed by atoms with Crippen LogP contribution in [0.25, 0.3) is 0 Å². The standard InChI is InChI=1S/C34H45N5O4/c1-23-11-15-35-21-27(23)22-39(29-7-9-31(42-5)10-8-29)30-13-17-38(18-14-30)26(4)12-16-36-33(40)32-24(2)19-28(20-25(32)3)37-34(41)43-6/h7-11,15,19-21,26,30H,12-14,16-18,22H2,1-6H3,(H,36,40)(H,37,41). The van der Waals surface area contributed by atoms with Crippen molar-refractivity contribution >= 4 is 23.4 Å². The van der Waals surface area contributed by atoms with E-state index in [0.717, 1.165) is 55.8 Å². The van der Waals surface area contributed by atoms with E-state index in [1.54, 1.807) is 19.2 Å². The molecule has 0 radical (unpaired) electrons. The van der Waals surface area contributed by atoms with Crippen LogP contribution in [-0.4, -0.2) is 67.8 Å². The molecule has 4 rings (SSSR count). The molecule has 3 aromatic rings. The predicted octanol–water partition coefficient (Wildman–Crippen LogP) is 5.87. The molecule has 1 aromatic heterocycles. The van der Waals surface area contributed by atoms with Crippen LogP contribution in [0.3, 0.4) is 0 Å². The van der Waals surface area contributed by atoms with Gasteiger partial charge in [-0.2, -0.15) is 0 Å². The third kappa shape index (κ3) is 8.26. The maximum absolute atomic E-state index is 13.0. The van der Waals surface area contributed by atoms with Crippen LogP contribution in [0.15, 0.2) is 54.9 Å². The lowest BCUT2D eigenvalue weighted by Gasteiger charge is -2.42. The second-order valence-corrected chi connectivity index (χ2v) is 11.4. The molecule has 0 bridgehead atoms. The quantitative estimate of drug-likeness (QED) is 0.290. The molecule has 1 aliphatic rings. The molecule has 2 amide bonds. The molecule has 2 heterocycles. The van der Waals surface area contributed by atoms with Crippen LogP contribution in [0.2, 0.25) is 0 Å². The Morgan fingerprint density at radius 3 is 2.30 bits per heavy atom. The van der Waals surface area contributed by atoms with Crippen LogP contribution in [-0.2, 0) is 11.3 Å². The fraction of sp³-hybridized carbons (Fsp3) is 0.441. The number of nitrogens with one attached hydrogen (secondary N) is 2. The summed E-state index contributed by atoms with van der Waals surface area (Å²) in [5.74, 6) is 0.765. The second kappa shape index (κ2) is 14.9. The van der Waals surface area contributed by atoms with Crippen molar-refractivity contribution in [3.63, 3.8) is 0 Å². The van der Waals surface area contributed by atoms with Gasteiger partial charge < -0.3 is 24.6 Å². The predicted molar refractivity (Wildman–Crippen MR) is 171 cm³/mol. The minimum absolute atomic E-state index is 0.0913. The normalized spacial score (nSPS) is 14.6. The highest BCUT2D eigenvalue weighted by Crippen LogP contribution is 2.29. The number of benzene rings is 2. The number of hydrogen-bond acceptors (Lipinski definition) is 7. The number of nitrogens with zero attached hydrogens (tertiary/aromatic N) is 3. The maximum Gasteiger partial charge on any atom is 0.411 e. The van der Waals surface area contributed by atoms with E-state index in [9.17, 15) is 9.59 Å². The zero-order valence-corrected chi connectivity index (χ0v) is 26.3. The van der Waals surface area contributed by atoms with Crippen LogP contribution in [0.5, 0.6) is 5.75 Å². The van der Waals surface area contributed by atoms with Gasteiger partial charge in [0.2, 0.25) is 0 Å². The Balaban J connectivity index is 1.32. The highest BCUT2D eigenvalue weighted by molar-refractivity contribution is 5.98. The van der Waals surface area contributed by atoms with Gasteiger partial charge in [0.05, 0.1) is 14.2 Å². The van der Waals surface area contributed by atoms with Crippen molar-refractivity contribution < 1.29 is 19.1 Å². The van der Waals surface area contributed by atoms with Crippen LogP contribution in [0, 0.1) is 20.8 Å². The van der Waals surface area contributed by atoms with Gasteiger partial charge in [0.15, 0.2) is 0 Å². The van der Waals surface area contributed by atoms with Gasteiger partial charge in [0.1, 0.15) is 5.75 Å². The molecule has 9 heteroatoms. The smallest absolute Gasteiger partial charge is 0.411 e. The average Bonchev–Trinajstić information content (AvgIpc) is 3.00. The first-order chi connectivity index (χ1) is 20.7. The molecule has 230 valence electrons. The van der Waals surface area contributed by atoms with E-state index in [4.69, 9.17) is 4.74 Å². The number of rotatable bonds is 11. The van der Waals surface area contributed by atoms with Crippen LogP contribution in [0.1, 0.15) is 58.8 Å². The van der Waals surface area contributed by atoms with Crippen LogP contribution in [0.4, 0.5) is 16.2 Å². The molecule has 1 aliphatic heterocycles. The van der Waals surface area contributed by atoms with E-state index in [-0.39, 0.29) is 5.91 Å². The van der Waals surface area contributed by atoms with Gasteiger partial charge in [-0.25, -0.2) is 4.79 Å². The van der Waals surface area contributed by atoms with Gasteiger partial charge in [-0.3, -0.25) is 15.1 Å². The van der Waals surface area contributed by atoms with Crippen molar-refractivity contribution in [3.8, 4) is 5.75 Å². The number of carbonyl (C=O) groups excluding carboxylic acids is 2. The molecule has 0 aliphatic carbocycles. The number of hydrogen-bond donors (Lipinski definition) is 2. The van der Waals surface area contributed by atoms with Gasteiger partial charge in [0, 0.05) is 67.6 Å². The van der Waals surface area contributed by atoms with E-state index < -0.39 is 6.09 Å². The number of anilines is 2. The maximum atomic E-state index is 13.0. The van der Waals surface area contributed by atoms with Crippen molar-refractivity contribution in [3.05, 3.63) is 82.7 Å². The Morgan fingerprint density at radius 1 is 1.02 bits per heavy atom. The van der Waals surface area contributed by atoms with Gasteiger partial charge in [-0.1, -0.05) is 0 Å². The van der Waals surface area contributed by atoms with E-state index in [0.29, 0.717) is 29.9 Å². The summed E-state index contributed by atoms with van der Waals surface area (Å²) < 4.78 is 10.1. The molecule has 1 fully saturated rings. The molecule has 1 atom stereocenters. The topological polar surface area (TPSA) is 96.0 Å². The molecule has 43 heavy (non-hydrogen) atoms. The zero-order valence-electron chi connectivity index (χ0n) is 26.3. The number of amides is 2. The third-order valence-electron chi connectivity index (χ3n) is 8.49. The number of pyridine rings is 1. The molecule has 2 N–H and O–H groups in total. The fourth-order valence-electron chi connectivity index (χ4n) is 5.92. The number of ether oxygens (including phenoxy) is 2. The first kappa shape index (κ1) is 31.8. The lowest BCUT2D eigenvalue weighted by Crippen LogP contribution is -2.48. The van der Waals surface area contributed by atoms with Gasteiger partial charge in [-0.05, 0) is 112 Å². The number of carbonyl (C=O) groups is 2. The molecule has 9 nitrogen and oxygen atoms in total. The van der Waals surface area contributed by atoms with Crippen LogP contribution < -0.4 is 20.3 Å². The molecule has 2 aromatic carbocycles. The molecular formula is C34H45N5O4. The second-order valence-electron chi connectivity index (χ2n) is 11.4. The Kier molecular flexibility index (Phi) is 11.0. The number of likely N-dealkylation sites (tertiary alicyclic amines) is 1. The molecule has 1 saturated heterocycles. The van der Waals surface area contributed by atoms with Gasteiger partial charge >= 0.3 is 6.09 Å². The van der Waals surface area contributed by atoms with Crippen molar-refractivity contribution in [2.45, 2.75) is 65.6 Å². The highest BCUT2D eigenvalue weighted by atomic mass is 16.5. The van der Waals surface area contributed by atoms with E-state index >= 15 is 0 Å². The SMILES string of the molecule is COC(=O)Nc1cc(C)c(C(=O)NCCC(C)N2CCC(N(Cc3cnccc3C)c3ccc(OC)cc3)CC2)c(C)c1. The molecular weight excluding hydrogens is 542 g/mol. The Morgan fingerprint density at radius 2 is 1.70 bits per heavy atom. The Hall–Kier alpha value is -4.11. The highest BCUT2D eigenvalue weighted by Gasteiger charge is 2.28. The summed E-state index contributed by atoms with van der Waals surface area (Å²) in [7, 11) is 3.02. The first-order valence-corrected chi connectivity index (χ1v) is 15.0. The third-order valence-corrected chi connectivity index (χ3v) is 8.49. The molecule has 0 spiro atoms. The van der Waals surface area contributed by atoms with Crippen molar-refractivity contribution in [2.24, 2.45) is 0 Å². The largest absolute Gasteiger partial charge is 0.497 e. The monoisotopic (exact) mass is 587 g/mol. The number of piperidine rings is 1. The minimum Gasteiger partial charge on any atom is -0.497 e. The summed E-state index contributed by atoms with van der Waals surface area (Å²) in [6, 6.07) is 14.8. The summed E-state index contributed by atoms with van der Waals surface area (Å²) in [4.78, 5) is 34.0. The summed E-state index contributed by atoms with van der Waals surface area (Å²) in [5.41, 5.74) is 6.55. The molecule has 1 unspecified atom stereocenters. The zero-order chi connectivity index (χ0) is 30.9.